The summed E-state index contributed by atoms with van der Waals surface area (Å²) in [5.41, 5.74) is 1.97. The number of furan rings is 1. The second kappa shape index (κ2) is 10.8. The first-order valence-electron chi connectivity index (χ1n) is 11.0. The van der Waals surface area contributed by atoms with Gasteiger partial charge in [0, 0.05) is 31.1 Å². The lowest BCUT2D eigenvalue weighted by Crippen LogP contribution is -2.44. The summed E-state index contributed by atoms with van der Waals surface area (Å²) >= 11 is 1.28. The number of benzene rings is 1. The maximum Gasteiger partial charge on any atom is 0.260 e. The molecule has 0 spiro atoms. The summed E-state index contributed by atoms with van der Waals surface area (Å²) in [7, 11) is 1.45. The molecular weight excluding hydrogens is 459 g/mol. The van der Waals surface area contributed by atoms with E-state index < -0.39 is 0 Å². The largest absolute Gasteiger partial charge is 0.494 e. The maximum atomic E-state index is 13.9. The molecule has 8 nitrogen and oxygen atoms in total. The van der Waals surface area contributed by atoms with Crippen LogP contribution in [-0.2, 0) is 17.8 Å². The van der Waals surface area contributed by atoms with Gasteiger partial charge in [-0.2, -0.15) is 0 Å². The fraction of sp³-hybridized carbons (Fsp3) is 0.375. The van der Waals surface area contributed by atoms with Crippen LogP contribution in [0.4, 0.5) is 9.52 Å². The molecule has 3 heterocycles. The van der Waals surface area contributed by atoms with E-state index in [1.807, 2.05) is 6.07 Å². The minimum absolute atomic E-state index is 0.0930. The van der Waals surface area contributed by atoms with Gasteiger partial charge in [-0.15, -0.1) is 11.3 Å². The van der Waals surface area contributed by atoms with E-state index in [1.54, 1.807) is 24.4 Å². The van der Waals surface area contributed by atoms with Gasteiger partial charge in [-0.25, -0.2) is 9.37 Å². The quantitative estimate of drug-likeness (QED) is 0.503. The minimum atomic E-state index is -0.358. The number of nitrogens with one attached hydrogen (secondary N) is 2. The molecule has 1 aromatic carbocycles. The fourth-order valence-corrected chi connectivity index (χ4v) is 4.68. The molecule has 180 valence electrons. The van der Waals surface area contributed by atoms with Crippen molar-refractivity contribution >= 4 is 28.3 Å². The highest BCUT2D eigenvalue weighted by atomic mass is 32.1. The van der Waals surface area contributed by atoms with Crippen molar-refractivity contribution in [2.75, 3.05) is 25.5 Å². The number of methoxy groups -OCH3 is 1. The van der Waals surface area contributed by atoms with Crippen LogP contribution >= 0.6 is 11.3 Å². The summed E-state index contributed by atoms with van der Waals surface area (Å²) in [6.07, 6.45) is 3.27. The molecule has 1 saturated heterocycles. The molecule has 1 aliphatic heterocycles. The highest BCUT2D eigenvalue weighted by Crippen LogP contribution is 2.21. The predicted molar refractivity (Wildman–Crippen MR) is 127 cm³/mol. The molecule has 10 heteroatoms. The molecule has 1 aliphatic rings. The van der Waals surface area contributed by atoms with Crippen molar-refractivity contribution in [2.45, 2.75) is 38.8 Å². The van der Waals surface area contributed by atoms with Crippen molar-refractivity contribution in [1.82, 2.24) is 15.2 Å². The van der Waals surface area contributed by atoms with Crippen LogP contribution in [0, 0.1) is 12.7 Å². The van der Waals surface area contributed by atoms with Crippen LogP contribution in [0.15, 0.2) is 40.3 Å². The zero-order chi connectivity index (χ0) is 24.1. The van der Waals surface area contributed by atoms with Gasteiger partial charge >= 0.3 is 0 Å². The minimum Gasteiger partial charge on any atom is -0.494 e. The molecule has 34 heavy (non-hydrogen) atoms. The Morgan fingerprint density at radius 3 is 2.76 bits per heavy atom. The molecule has 0 atom stereocenters. The smallest absolute Gasteiger partial charge is 0.260 e. The summed E-state index contributed by atoms with van der Waals surface area (Å²) in [6.45, 7) is 4.01. The number of thiazole rings is 1. The monoisotopic (exact) mass is 486 g/mol. The van der Waals surface area contributed by atoms with Crippen molar-refractivity contribution < 1.29 is 23.1 Å². The van der Waals surface area contributed by atoms with Gasteiger partial charge in [-0.1, -0.05) is 6.07 Å². The third-order valence-corrected chi connectivity index (χ3v) is 6.60. The van der Waals surface area contributed by atoms with Gasteiger partial charge in [0.2, 0.25) is 5.91 Å². The Labute approximate surface area is 201 Å². The standard InChI is InChI=1S/C24H27FN4O4S/c1-15-19(7-10-33-15)23(31)28-24-27-18(14-34-24)12-22(30)26-17-5-8-29(9-6-17)13-16-3-4-21(32-2)20(25)11-16/h3-4,7,10-11,14,17H,5-6,8-9,12-13H2,1-2H3,(H,26,30)(H,27,28,31). The second-order valence-electron chi connectivity index (χ2n) is 8.25. The van der Waals surface area contributed by atoms with Crippen LogP contribution in [0.1, 0.15) is 40.2 Å². The van der Waals surface area contributed by atoms with Crippen molar-refractivity contribution in [3.63, 3.8) is 0 Å². The number of anilines is 1. The lowest BCUT2D eigenvalue weighted by molar-refractivity contribution is -0.121. The Bertz CT molecular complexity index is 1150. The first kappa shape index (κ1) is 23.9. The summed E-state index contributed by atoms with van der Waals surface area (Å²) in [5.74, 6) is 0.0393. The van der Waals surface area contributed by atoms with Crippen LogP contribution in [0.2, 0.25) is 0 Å². The van der Waals surface area contributed by atoms with Crippen molar-refractivity contribution in [3.05, 3.63) is 64.3 Å². The number of ether oxygens (including phenoxy) is 1. The van der Waals surface area contributed by atoms with E-state index in [2.05, 4.69) is 20.5 Å². The average molecular weight is 487 g/mol. The highest BCUT2D eigenvalue weighted by Gasteiger charge is 2.22. The average Bonchev–Trinajstić information content (AvgIpc) is 3.43. The summed E-state index contributed by atoms with van der Waals surface area (Å²) in [5, 5.41) is 8.03. The zero-order valence-electron chi connectivity index (χ0n) is 19.1. The van der Waals surface area contributed by atoms with E-state index in [0.717, 1.165) is 31.5 Å². The maximum absolute atomic E-state index is 13.9. The highest BCUT2D eigenvalue weighted by molar-refractivity contribution is 7.14. The Morgan fingerprint density at radius 2 is 2.09 bits per heavy atom. The molecule has 0 radical (unpaired) electrons. The Morgan fingerprint density at radius 1 is 1.29 bits per heavy atom. The lowest BCUT2D eigenvalue weighted by Gasteiger charge is -2.32. The van der Waals surface area contributed by atoms with E-state index in [9.17, 15) is 14.0 Å². The van der Waals surface area contributed by atoms with E-state index in [4.69, 9.17) is 9.15 Å². The van der Waals surface area contributed by atoms with Gasteiger partial charge in [-0.3, -0.25) is 19.8 Å². The number of nitrogens with zero attached hydrogens (tertiary/aromatic N) is 2. The Kier molecular flexibility index (Phi) is 7.59. The van der Waals surface area contributed by atoms with Crippen LogP contribution in [0.25, 0.3) is 0 Å². The topological polar surface area (TPSA) is 96.7 Å². The van der Waals surface area contributed by atoms with Crippen molar-refractivity contribution in [3.8, 4) is 5.75 Å². The van der Waals surface area contributed by atoms with Crippen LogP contribution < -0.4 is 15.4 Å². The van der Waals surface area contributed by atoms with Gasteiger partial charge in [0.05, 0.1) is 31.1 Å². The van der Waals surface area contributed by atoms with E-state index in [-0.39, 0.29) is 35.8 Å². The third-order valence-electron chi connectivity index (χ3n) is 5.79. The van der Waals surface area contributed by atoms with Crippen LogP contribution in [-0.4, -0.2) is 47.9 Å². The number of rotatable bonds is 8. The van der Waals surface area contributed by atoms with Crippen molar-refractivity contribution in [2.24, 2.45) is 0 Å². The van der Waals surface area contributed by atoms with Gasteiger partial charge < -0.3 is 14.5 Å². The number of carbonyl (C=O) groups excluding carboxylic acids is 2. The number of hydrogen-bond acceptors (Lipinski definition) is 7. The molecule has 4 rings (SSSR count). The van der Waals surface area contributed by atoms with Gasteiger partial charge in [0.1, 0.15) is 5.76 Å². The molecule has 0 aliphatic carbocycles. The number of carbonyl (C=O) groups is 2. The lowest BCUT2D eigenvalue weighted by atomic mass is 10.0. The number of piperidine rings is 1. The SMILES string of the molecule is COc1ccc(CN2CCC(NC(=O)Cc3csc(NC(=O)c4ccoc4C)n3)CC2)cc1F. The molecule has 0 unspecified atom stereocenters. The summed E-state index contributed by atoms with van der Waals surface area (Å²) in [4.78, 5) is 31.4. The van der Waals surface area contributed by atoms with E-state index in [0.29, 0.717) is 28.7 Å². The number of aromatic nitrogens is 1. The van der Waals surface area contributed by atoms with Gasteiger partial charge in [0.25, 0.3) is 5.91 Å². The van der Waals surface area contributed by atoms with Crippen molar-refractivity contribution in [1.29, 1.82) is 0 Å². The molecule has 2 aromatic heterocycles. The molecule has 3 aromatic rings. The van der Waals surface area contributed by atoms with E-state index in [1.165, 1.54) is 30.8 Å². The third kappa shape index (κ3) is 6.00. The molecule has 2 N–H and O–H groups in total. The summed E-state index contributed by atoms with van der Waals surface area (Å²) < 4.78 is 24.0. The normalized spacial score (nSPS) is 14.7. The number of aryl methyl sites for hydroxylation is 1. The fourth-order valence-electron chi connectivity index (χ4n) is 3.98. The molecule has 0 saturated carbocycles. The first-order chi connectivity index (χ1) is 16.4. The zero-order valence-corrected chi connectivity index (χ0v) is 19.9. The molecule has 1 fully saturated rings. The van der Waals surface area contributed by atoms with Gasteiger partial charge in [-0.05, 0) is 43.5 Å². The first-order valence-corrected chi connectivity index (χ1v) is 11.9. The van der Waals surface area contributed by atoms with Crippen LogP contribution in [0.3, 0.4) is 0 Å². The number of hydrogen-bond donors (Lipinski definition) is 2. The Hall–Kier alpha value is -3.24. The molecule has 0 bridgehead atoms. The molecular formula is C24H27FN4O4S. The molecule has 2 amide bonds. The second-order valence-corrected chi connectivity index (χ2v) is 9.11. The number of halogens is 1. The van der Waals surface area contributed by atoms with E-state index >= 15 is 0 Å². The van der Waals surface area contributed by atoms with Crippen LogP contribution in [0.5, 0.6) is 5.75 Å². The number of amides is 2. The number of likely N-dealkylation sites (tertiary alicyclic amines) is 1. The Balaban J connectivity index is 1.21. The summed E-state index contributed by atoms with van der Waals surface area (Å²) in [6, 6.07) is 6.72. The predicted octanol–water partition coefficient (Wildman–Crippen LogP) is 3.77. The van der Waals surface area contributed by atoms with Gasteiger partial charge in [0.15, 0.2) is 16.7 Å².